The molecule has 0 aromatic heterocycles. The summed E-state index contributed by atoms with van der Waals surface area (Å²) < 4.78 is 0. The van der Waals surface area contributed by atoms with Gasteiger partial charge in [-0.3, -0.25) is 30.2 Å². The second-order valence-corrected chi connectivity index (χ2v) is 6.28. The van der Waals surface area contributed by atoms with E-state index < -0.39 is 9.85 Å². The molecule has 2 rings (SSSR count). The fourth-order valence-electron chi connectivity index (χ4n) is 2.49. The number of nitro benzene ring substituents is 2. The highest BCUT2D eigenvalue weighted by atomic mass is 16.6. The summed E-state index contributed by atoms with van der Waals surface area (Å²) >= 11 is 0. The minimum atomic E-state index is -0.435. The molecule has 10 heteroatoms. The summed E-state index contributed by atoms with van der Waals surface area (Å²) in [5.74, 6) is 0. The van der Waals surface area contributed by atoms with Gasteiger partial charge in [0, 0.05) is 37.4 Å². The third kappa shape index (κ3) is 6.97. The van der Waals surface area contributed by atoms with Crippen molar-refractivity contribution in [2.24, 2.45) is 10.2 Å². The zero-order valence-electron chi connectivity index (χ0n) is 16.9. The van der Waals surface area contributed by atoms with Crippen LogP contribution in [-0.4, -0.2) is 58.5 Å². The van der Waals surface area contributed by atoms with Gasteiger partial charge in [-0.1, -0.05) is 0 Å². The Morgan fingerprint density at radius 2 is 1.07 bits per heavy atom. The molecule has 0 radical (unpaired) electrons. The van der Waals surface area contributed by atoms with Crippen molar-refractivity contribution in [1.29, 1.82) is 0 Å². The molecule has 2 aromatic rings. The van der Waals surface area contributed by atoms with E-state index in [-0.39, 0.29) is 11.4 Å². The minimum absolute atomic E-state index is 0.0453. The topological polar surface area (TPSA) is 117 Å². The molecule has 0 saturated heterocycles. The van der Waals surface area contributed by atoms with E-state index in [9.17, 15) is 20.2 Å². The maximum atomic E-state index is 10.7. The molecule has 0 spiro atoms. The van der Waals surface area contributed by atoms with E-state index in [0.29, 0.717) is 26.2 Å². The van der Waals surface area contributed by atoms with E-state index in [1.54, 1.807) is 36.7 Å². The Labute approximate surface area is 174 Å². The van der Waals surface area contributed by atoms with Crippen LogP contribution in [-0.2, 0) is 0 Å². The highest BCUT2D eigenvalue weighted by Crippen LogP contribution is 2.11. The molecule has 10 nitrogen and oxygen atoms in total. The van der Waals surface area contributed by atoms with Crippen molar-refractivity contribution < 1.29 is 9.85 Å². The van der Waals surface area contributed by atoms with Crippen LogP contribution in [0.5, 0.6) is 0 Å². The van der Waals surface area contributed by atoms with Gasteiger partial charge in [0.15, 0.2) is 0 Å². The highest BCUT2D eigenvalue weighted by molar-refractivity contribution is 5.80. The number of likely N-dealkylation sites (N-methyl/N-ethyl adjacent to an activating group) is 2. The predicted octanol–water partition coefficient (Wildman–Crippen LogP) is 3.51. The van der Waals surface area contributed by atoms with Gasteiger partial charge >= 0.3 is 0 Å². The van der Waals surface area contributed by atoms with Crippen LogP contribution in [0.3, 0.4) is 0 Å². The van der Waals surface area contributed by atoms with Crippen LogP contribution in [0.25, 0.3) is 0 Å². The van der Waals surface area contributed by atoms with Gasteiger partial charge in [0.25, 0.3) is 11.4 Å². The van der Waals surface area contributed by atoms with Crippen LogP contribution in [0, 0.1) is 20.2 Å². The molecule has 0 fully saturated rings. The number of hydrogen-bond acceptors (Lipinski definition) is 8. The first-order chi connectivity index (χ1) is 14.4. The van der Waals surface area contributed by atoms with Gasteiger partial charge in [-0.15, -0.1) is 0 Å². The monoisotopic (exact) mass is 412 g/mol. The van der Waals surface area contributed by atoms with Gasteiger partial charge in [-0.2, -0.15) is 10.2 Å². The molecule has 0 unspecified atom stereocenters. The normalized spacial score (nSPS) is 11.1. The Bertz CT molecular complexity index is 821. The molecule has 0 heterocycles. The molecule has 0 bridgehead atoms. The predicted molar refractivity (Wildman–Crippen MR) is 116 cm³/mol. The Morgan fingerprint density at radius 3 is 1.33 bits per heavy atom. The Kier molecular flexibility index (Phi) is 8.42. The summed E-state index contributed by atoms with van der Waals surface area (Å²) in [6.45, 7) is 6.67. The lowest BCUT2D eigenvalue weighted by molar-refractivity contribution is -0.385. The van der Waals surface area contributed by atoms with Crippen molar-refractivity contribution >= 4 is 23.8 Å². The summed E-state index contributed by atoms with van der Waals surface area (Å²) in [6.07, 6.45) is 3.34. The average molecular weight is 412 g/mol. The molecule has 0 amide bonds. The molecule has 0 aliphatic rings. The van der Waals surface area contributed by atoms with Gasteiger partial charge in [-0.05, 0) is 49.2 Å². The summed E-state index contributed by atoms with van der Waals surface area (Å²) in [5.41, 5.74) is 1.65. The molecule has 0 atom stereocenters. The van der Waals surface area contributed by atoms with E-state index in [1.165, 1.54) is 24.3 Å². The first-order valence-electron chi connectivity index (χ1n) is 9.49. The number of benzene rings is 2. The zero-order valence-corrected chi connectivity index (χ0v) is 16.9. The van der Waals surface area contributed by atoms with Gasteiger partial charge in [0.1, 0.15) is 0 Å². The average Bonchev–Trinajstić information content (AvgIpc) is 2.76. The number of hydrazone groups is 2. The first kappa shape index (κ1) is 22.5. The van der Waals surface area contributed by atoms with Crippen molar-refractivity contribution in [2.75, 3.05) is 26.2 Å². The largest absolute Gasteiger partial charge is 0.295 e. The third-order valence-electron chi connectivity index (χ3n) is 4.29. The highest BCUT2D eigenvalue weighted by Gasteiger charge is 2.05. The van der Waals surface area contributed by atoms with Crippen molar-refractivity contribution in [1.82, 2.24) is 10.0 Å². The lowest BCUT2D eigenvalue weighted by Crippen LogP contribution is -2.29. The van der Waals surface area contributed by atoms with Gasteiger partial charge in [-0.25, -0.2) is 0 Å². The smallest absolute Gasteiger partial charge is 0.269 e. The van der Waals surface area contributed by atoms with Crippen molar-refractivity contribution in [3.8, 4) is 0 Å². The summed E-state index contributed by atoms with van der Waals surface area (Å²) in [5, 5.41) is 34.0. The fourth-order valence-corrected chi connectivity index (χ4v) is 2.49. The van der Waals surface area contributed by atoms with E-state index in [2.05, 4.69) is 10.2 Å². The molecule has 0 aliphatic carbocycles. The SMILES string of the molecule is CCN(CCN(CC)/N=C/c1ccc([N+](=O)[O-])cc1)/N=C/c1ccc([N+](=O)[O-])cc1. The number of nitrogens with zero attached hydrogens (tertiary/aromatic N) is 6. The summed E-state index contributed by atoms with van der Waals surface area (Å²) in [6, 6.07) is 12.4. The van der Waals surface area contributed by atoms with E-state index in [4.69, 9.17) is 0 Å². The molecular formula is C20H24N6O4. The van der Waals surface area contributed by atoms with E-state index in [1.807, 2.05) is 23.9 Å². The zero-order chi connectivity index (χ0) is 21.9. The number of nitro groups is 2. The molecule has 30 heavy (non-hydrogen) atoms. The molecule has 2 aromatic carbocycles. The molecule has 0 aliphatic heterocycles. The maximum absolute atomic E-state index is 10.7. The second kappa shape index (κ2) is 11.2. The minimum Gasteiger partial charge on any atom is -0.295 e. The molecule has 0 saturated carbocycles. The van der Waals surface area contributed by atoms with Crippen LogP contribution >= 0.6 is 0 Å². The second-order valence-electron chi connectivity index (χ2n) is 6.28. The Balaban J connectivity index is 1.91. The van der Waals surface area contributed by atoms with Crippen molar-refractivity contribution in [3.05, 3.63) is 79.9 Å². The summed E-state index contributed by atoms with van der Waals surface area (Å²) in [7, 11) is 0. The molecule has 0 N–H and O–H groups in total. The Hall–Kier alpha value is -3.82. The quantitative estimate of drug-likeness (QED) is 0.317. The van der Waals surface area contributed by atoms with Crippen LogP contribution in [0.2, 0.25) is 0 Å². The van der Waals surface area contributed by atoms with Crippen molar-refractivity contribution in [3.63, 3.8) is 0 Å². The van der Waals surface area contributed by atoms with Crippen LogP contribution in [0.4, 0.5) is 11.4 Å². The van der Waals surface area contributed by atoms with Crippen molar-refractivity contribution in [2.45, 2.75) is 13.8 Å². The number of rotatable bonds is 11. The lowest BCUT2D eigenvalue weighted by Gasteiger charge is -2.22. The number of non-ortho nitro benzene ring substituents is 2. The van der Waals surface area contributed by atoms with Gasteiger partial charge in [0.05, 0.1) is 35.4 Å². The standard InChI is InChI=1S/C20H24N6O4/c1-3-23(21-15-17-5-9-19(10-6-17)25(27)28)13-14-24(4-2)22-16-18-7-11-20(12-8-18)26(29)30/h5-12,15-16H,3-4,13-14H2,1-2H3/b21-15+,22-16+. The van der Waals surface area contributed by atoms with E-state index in [0.717, 1.165) is 11.1 Å². The van der Waals surface area contributed by atoms with Gasteiger partial charge in [0.2, 0.25) is 0 Å². The van der Waals surface area contributed by atoms with E-state index >= 15 is 0 Å². The molecular weight excluding hydrogens is 388 g/mol. The fraction of sp³-hybridized carbons (Fsp3) is 0.300. The summed E-state index contributed by atoms with van der Waals surface area (Å²) in [4.78, 5) is 20.5. The Morgan fingerprint density at radius 1 is 0.733 bits per heavy atom. The van der Waals surface area contributed by atoms with Crippen LogP contribution in [0.1, 0.15) is 25.0 Å². The number of hydrogen-bond donors (Lipinski definition) is 0. The maximum Gasteiger partial charge on any atom is 0.269 e. The van der Waals surface area contributed by atoms with Crippen LogP contribution < -0.4 is 0 Å². The third-order valence-corrected chi connectivity index (χ3v) is 4.29. The lowest BCUT2D eigenvalue weighted by atomic mass is 10.2. The first-order valence-corrected chi connectivity index (χ1v) is 9.49. The van der Waals surface area contributed by atoms with Gasteiger partial charge < -0.3 is 0 Å². The molecule has 158 valence electrons. The van der Waals surface area contributed by atoms with Crippen LogP contribution in [0.15, 0.2) is 58.7 Å².